The minimum atomic E-state index is 0.486. The first kappa shape index (κ1) is 11.3. The number of pyridine rings is 1. The topological polar surface area (TPSA) is 39.2 Å². The quantitative estimate of drug-likeness (QED) is 0.754. The fourth-order valence-electron chi connectivity index (χ4n) is 1.47. The molecule has 0 fully saturated rings. The minimum absolute atomic E-state index is 0.486. The van der Waals surface area contributed by atoms with Crippen LogP contribution in [0.2, 0.25) is 0 Å². The number of ether oxygens (including phenoxy) is 1. The normalized spacial score (nSPS) is 9.94. The van der Waals surface area contributed by atoms with Crippen LogP contribution in [0.1, 0.15) is 21.6 Å². The van der Waals surface area contributed by atoms with Crippen molar-refractivity contribution in [1.29, 1.82) is 0 Å². The van der Waals surface area contributed by atoms with Crippen molar-refractivity contribution < 1.29 is 9.53 Å². The number of aromatic nitrogens is 1. The summed E-state index contributed by atoms with van der Waals surface area (Å²) in [6.07, 6.45) is 2.58. The summed E-state index contributed by atoms with van der Waals surface area (Å²) in [7, 11) is 0. The lowest BCUT2D eigenvalue weighted by Crippen LogP contribution is -1.99. The fourth-order valence-corrected chi connectivity index (χ4v) is 1.47. The zero-order valence-electron chi connectivity index (χ0n) is 9.59. The zero-order chi connectivity index (χ0) is 12.1. The highest BCUT2D eigenvalue weighted by atomic mass is 16.5. The molecule has 0 saturated carbocycles. The average Bonchev–Trinajstić information content (AvgIpc) is 2.38. The number of aryl methyl sites for hydroxylation is 1. The lowest BCUT2D eigenvalue weighted by atomic mass is 10.2. The van der Waals surface area contributed by atoms with Crippen molar-refractivity contribution in [3.63, 3.8) is 0 Å². The Morgan fingerprint density at radius 2 is 2.00 bits per heavy atom. The molecule has 0 aliphatic carbocycles. The van der Waals surface area contributed by atoms with Crippen LogP contribution in [0.4, 0.5) is 0 Å². The van der Waals surface area contributed by atoms with Gasteiger partial charge in [-0.1, -0.05) is 6.07 Å². The molecule has 0 aliphatic heterocycles. The van der Waals surface area contributed by atoms with Crippen LogP contribution in [0.3, 0.4) is 0 Å². The van der Waals surface area contributed by atoms with Crippen LogP contribution in [0.15, 0.2) is 42.6 Å². The predicted molar refractivity (Wildman–Crippen MR) is 65.1 cm³/mol. The Hall–Kier alpha value is -2.16. The third kappa shape index (κ3) is 2.91. The molecule has 3 heteroatoms. The van der Waals surface area contributed by atoms with Crippen LogP contribution in [0.25, 0.3) is 0 Å². The maximum absolute atomic E-state index is 10.5. The summed E-state index contributed by atoms with van der Waals surface area (Å²) in [4.78, 5) is 14.7. The molecule has 0 unspecified atom stereocenters. The number of hydrogen-bond donors (Lipinski definition) is 0. The standard InChI is InChI=1S/C14H13NO2/c1-11-13(3-2-8-15-11)10-17-14-6-4-12(9-16)5-7-14/h2-9H,10H2,1H3. The Balaban J connectivity index is 2.02. The molecule has 1 heterocycles. The molecule has 0 saturated heterocycles. The Morgan fingerprint density at radius 1 is 1.24 bits per heavy atom. The summed E-state index contributed by atoms with van der Waals surface area (Å²) in [5.74, 6) is 0.749. The van der Waals surface area contributed by atoms with Gasteiger partial charge in [0.25, 0.3) is 0 Å². The van der Waals surface area contributed by atoms with E-state index in [2.05, 4.69) is 4.98 Å². The SMILES string of the molecule is Cc1ncccc1COc1ccc(C=O)cc1. The summed E-state index contributed by atoms with van der Waals surface area (Å²) < 4.78 is 5.62. The van der Waals surface area contributed by atoms with Crippen molar-refractivity contribution >= 4 is 6.29 Å². The van der Waals surface area contributed by atoms with Crippen molar-refractivity contribution in [3.05, 3.63) is 59.4 Å². The van der Waals surface area contributed by atoms with E-state index >= 15 is 0 Å². The van der Waals surface area contributed by atoms with E-state index in [0.29, 0.717) is 12.2 Å². The van der Waals surface area contributed by atoms with E-state index in [1.807, 2.05) is 19.1 Å². The van der Waals surface area contributed by atoms with Crippen LogP contribution in [0.5, 0.6) is 5.75 Å². The fraction of sp³-hybridized carbons (Fsp3) is 0.143. The van der Waals surface area contributed by atoms with Gasteiger partial charge in [-0.15, -0.1) is 0 Å². The largest absolute Gasteiger partial charge is 0.489 e. The number of hydrogen-bond acceptors (Lipinski definition) is 3. The van der Waals surface area contributed by atoms with E-state index in [1.54, 1.807) is 30.5 Å². The van der Waals surface area contributed by atoms with Gasteiger partial charge >= 0.3 is 0 Å². The van der Waals surface area contributed by atoms with Gasteiger partial charge in [0.1, 0.15) is 18.6 Å². The van der Waals surface area contributed by atoms with Gasteiger partial charge in [0.15, 0.2) is 0 Å². The van der Waals surface area contributed by atoms with E-state index < -0.39 is 0 Å². The predicted octanol–water partition coefficient (Wildman–Crippen LogP) is 2.78. The molecule has 0 aliphatic rings. The van der Waals surface area contributed by atoms with Crippen LogP contribution in [-0.2, 0) is 6.61 Å². The Labute approximate surface area is 100 Å². The summed E-state index contributed by atoms with van der Waals surface area (Å²) in [6, 6.07) is 10.9. The molecule has 86 valence electrons. The van der Waals surface area contributed by atoms with Crippen molar-refractivity contribution in [2.45, 2.75) is 13.5 Å². The molecule has 0 radical (unpaired) electrons. The molecule has 0 spiro atoms. The van der Waals surface area contributed by atoms with E-state index in [-0.39, 0.29) is 0 Å². The van der Waals surface area contributed by atoms with E-state index in [9.17, 15) is 4.79 Å². The highest BCUT2D eigenvalue weighted by molar-refractivity contribution is 5.74. The average molecular weight is 227 g/mol. The first-order valence-electron chi connectivity index (χ1n) is 5.38. The van der Waals surface area contributed by atoms with Crippen LogP contribution < -0.4 is 4.74 Å². The van der Waals surface area contributed by atoms with E-state index in [0.717, 1.165) is 23.3 Å². The summed E-state index contributed by atoms with van der Waals surface area (Å²) in [6.45, 7) is 2.44. The second kappa shape index (κ2) is 5.25. The highest BCUT2D eigenvalue weighted by Crippen LogP contribution is 2.14. The third-order valence-corrected chi connectivity index (χ3v) is 2.53. The van der Waals surface area contributed by atoms with Crippen LogP contribution >= 0.6 is 0 Å². The van der Waals surface area contributed by atoms with Gasteiger partial charge in [0.05, 0.1) is 0 Å². The van der Waals surface area contributed by atoms with Gasteiger partial charge in [-0.25, -0.2) is 0 Å². The molecule has 3 nitrogen and oxygen atoms in total. The maximum atomic E-state index is 10.5. The van der Waals surface area contributed by atoms with Gasteiger partial charge < -0.3 is 4.74 Å². The number of nitrogens with zero attached hydrogens (tertiary/aromatic N) is 1. The third-order valence-electron chi connectivity index (χ3n) is 2.53. The lowest BCUT2D eigenvalue weighted by Gasteiger charge is -2.07. The summed E-state index contributed by atoms with van der Waals surface area (Å²) in [5, 5.41) is 0. The van der Waals surface area contributed by atoms with Crippen LogP contribution in [0, 0.1) is 6.92 Å². The molecule has 0 N–H and O–H groups in total. The van der Waals surface area contributed by atoms with Gasteiger partial charge in [0.2, 0.25) is 0 Å². The second-order valence-corrected chi connectivity index (χ2v) is 3.72. The Morgan fingerprint density at radius 3 is 2.65 bits per heavy atom. The zero-order valence-corrected chi connectivity index (χ0v) is 9.59. The van der Waals surface area contributed by atoms with Gasteiger partial charge in [-0.05, 0) is 37.3 Å². The molecule has 2 rings (SSSR count). The number of benzene rings is 1. The van der Waals surface area contributed by atoms with Crippen molar-refractivity contribution in [3.8, 4) is 5.75 Å². The molecule has 1 aromatic heterocycles. The summed E-state index contributed by atoms with van der Waals surface area (Å²) in [5.41, 5.74) is 2.68. The smallest absolute Gasteiger partial charge is 0.150 e. The highest BCUT2D eigenvalue weighted by Gasteiger charge is 2.00. The maximum Gasteiger partial charge on any atom is 0.150 e. The van der Waals surface area contributed by atoms with Crippen LogP contribution in [-0.4, -0.2) is 11.3 Å². The lowest BCUT2D eigenvalue weighted by molar-refractivity contribution is 0.112. The Kier molecular flexibility index (Phi) is 3.50. The molecular weight excluding hydrogens is 214 g/mol. The van der Waals surface area contributed by atoms with Crippen molar-refractivity contribution in [2.75, 3.05) is 0 Å². The van der Waals surface area contributed by atoms with Crippen molar-refractivity contribution in [1.82, 2.24) is 4.98 Å². The second-order valence-electron chi connectivity index (χ2n) is 3.72. The molecule has 17 heavy (non-hydrogen) atoms. The number of aldehydes is 1. The monoisotopic (exact) mass is 227 g/mol. The molecule has 0 amide bonds. The first-order valence-corrected chi connectivity index (χ1v) is 5.38. The van der Waals surface area contributed by atoms with Gasteiger partial charge in [0, 0.05) is 23.0 Å². The number of carbonyl (C=O) groups is 1. The van der Waals surface area contributed by atoms with Gasteiger partial charge in [-0.3, -0.25) is 9.78 Å². The number of rotatable bonds is 4. The minimum Gasteiger partial charge on any atom is -0.489 e. The number of carbonyl (C=O) groups excluding carboxylic acids is 1. The summed E-state index contributed by atoms with van der Waals surface area (Å²) >= 11 is 0. The molecular formula is C14H13NO2. The molecule has 0 bridgehead atoms. The molecule has 2 aromatic rings. The van der Waals surface area contributed by atoms with Crippen molar-refractivity contribution in [2.24, 2.45) is 0 Å². The molecule has 0 atom stereocenters. The van der Waals surface area contributed by atoms with Gasteiger partial charge in [-0.2, -0.15) is 0 Å². The van der Waals surface area contributed by atoms with E-state index in [1.165, 1.54) is 0 Å². The molecule has 1 aromatic carbocycles. The first-order chi connectivity index (χ1) is 8.29. The Bertz CT molecular complexity index is 506. The van der Waals surface area contributed by atoms with E-state index in [4.69, 9.17) is 4.74 Å².